The van der Waals surface area contributed by atoms with Crippen LogP contribution in [0, 0.1) is 0 Å². The number of rotatable bonds is 3. The molecule has 1 saturated heterocycles. The van der Waals surface area contributed by atoms with Gasteiger partial charge in [0.25, 0.3) is 5.91 Å². The molecule has 0 aliphatic carbocycles. The van der Waals surface area contributed by atoms with E-state index in [0.29, 0.717) is 20.5 Å². The molecule has 0 saturated carbocycles. The van der Waals surface area contributed by atoms with Crippen molar-refractivity contribution in [1.82, 2.24) is 0 Å². The van der Waals surface area contributed by atoms with Crippen LogP contribution in [0.25, 0.3) is 6.08 Å². The maximum absolute atomic E-state index is 13.1. The van der Waals surface area contributed by atoms with Gasteiger partial charge in [-0.1, -0.05) is 36.4 Å². The largest absolute Gasteiger partial charge is 0.449 e. The number of carbonyl (C=O) groups is 1. The number of amides is 1. The van der Waals surface area contributed by atoms with Crippen LogP contribution in [0.2, 0.25) is 0 Å². The Kier molecular flexibility index (Phi) is 5.33. The van der Waals surface area contributed by atoms with Gasteiger partial charge in [-0.25, -0.2) is 4.99 Å². The van der Waals surface area contributed by atoms with Crippen LogP contribution in [-0.2, 0) is 4.79 Å². The van der Waals surface area contributed by atoms with Crippen molar-refractivity contribution < 1.29 is 9.21 Å². The van der Waals surface area contributed by atoms with Gasteiger partial charge in [-0.15, -0.1) is 0 Å². The lowest BCUT2D eigenvalue weighted by Crippen LogP contribution is -2.28. The lowest BCUT2D eigenvalue weighted by Gasteiger charge is -2.15. The highest BCUT2D eigenvalue weighted by Crippen LogP contribution is 2.38. The zero-order valence-electron chi connectivity index (χ0n) is 13.8. The van der Waals surface area contributed by atoms with Crippen LogP contribution in [0.3, 0.4) is 0 Å². The molecule has 1 aliphatic rings. The average Bonchev–Trinajstić information content (AvgIpc) is 3.15. The third-order valence-electron chi connectivity index (χ3n) is 3.74. The number of para-hydroxylation sites is 2. The maximum Gasteiger partial charge on any atom is 0.271 e. The Morgan fingerprint density at radius 2 is 1.67 bits per heavy atom. The van der Waals surface area contributed by atoms with Gasteiger partial charge in [-0.3, -0.25) is 9.69 Å². The molecule has 1 amide bonds. The van der Waals surface area contributed by atoms with E-state index in [4.69, 9.17) is 4.42 Å². The van der Waals surface area contributed by atoms with Crippen LogP contribution >= 0.6 is 43.6 Å². The third kappa shape index (κ3) is 3.95. The molecule has 27 heavy (non-hydrogen) atoms. The molecule has 134 valence electrons. The van der Waals surface area contributed by atoms with Gasteiger partial charge < -0.3 is 4.42 Å². The summed E-state index contributed by atoms with van der Waals surface area (Å²) in [5, 5.41) is 0.605. The molecule has 0 bridgehead atoms. The number of aliphatic imine (C=N–C) groups is 1. The van der Waals surface area contributed by atoms with Crippen LogP contribution < -0.4 is 4.90 Å². The second-order valence-electron chi connectivity index (χ2n) is 5.59. The number of thioether (sulfide) groups is 1. The molecule has 0 N–H and O–H groups in total. The highest BCUT2D eigenvalue weighted by molar-refractivity contribution is 9.13. The van der Waals surface area contributed by atoms with E-state index >= 15 is 0 Å². The molecular formula is C20H12Br2N2O2S. The molecule has 4 nitrogen and oxygen atoms in total. The zero-order valence-corrected chi connectivity index (χ0v) is 17.8. The number of hydrogen-bond acceptors (Lipinski definition) is 4. The van der Waals surface area contributed by atoms with Crippen molar-refractivity contribution in [2.75, 3.05) is 4.90 Å². The van der Waals surface area contributed by atoms with Crippen molar-refractivity contribution >= 4 is 72.1 Å². The number of halogens is 2. The first-order chi connectivity index (χ1) is 13.1. The first kappa shape index (κ1) is 18.3. The lowest BCUT2D eigenvalue weighted by molar-refractivity contribution is -0.113. The van der Waals surface area contributed by atoms with Crippen LogP contribution in [0.5, 0.6) is 0 Å². The molecule has 0 atom stereocenters. The minimum absolute atomic E-state index is 0.135. The normalized spacial score (nSPS) is 17.3. The first-order valence-corrected chi connectivity index (χ1v) is 10.4. The van der Waals surface area contributed by atoms with Gasteiger partial charge in [-0.2, -0.15) is 0 Å². The summed E-state index contributed by atoms with van der Waals surface area (Å²) < 4.78 is 6.97. The zero-order chi connectivity index (χ0) is 18.8. The summed E-state index contributed by atoms with van der Waals surface area (Å²) in [5.41, 5.74) is 1.56. The summed E-state index contributed by atoms with van der Waals surface area (Å²) in [7, 11) is 0. The Hall–Kier alpha value is -2.09. The number of furan rings is 1. The van der Waals surface area contributed by atoms with Gasteiger partial charge in [0.15, 0.2) is 9.84 Å². The van der Waals surface area contributed by atoms with Gasteiger partial charge >= 0.3 is 0 Å². The molecular weight excluding hydrogens is 492 g/mol. The van der Waals surface area contributed by atoms with Crippen molar-refractivity contribution in [2.24, 2.45) is 4.99 Å². The van der Waals surface area contributed by atoms with E-state index in [9.17, 15) is 4.79 Å². The monoisotopic (exact) mass is 502 g/mol. The van der Waals surface area contributed by atoms with Gasteiger partial charge in [0.1, 0.15) is 5.76 Å². The van der Waals surface area contributed by atoms with E-state index in [2.05, 4.69) is 36.9 Å². The second-order valence-corrected chi connectivity index (χ2v) is 8.17. The minimum atomic E-state index is -0.135. The van der Waals surface area contributed by atoms with Crippen LogP contribution in [0.1, 0.15) is 5.76 Å². The predicted octanol–water partition coefficient (Wildman–Crippen LogP) is 6.61. The number of carbonyl (C=O) groups excluding carboxylic acids is 1. The molecule has 7 heteroatoms. The van der Waals surface area contributed by atoms with E-state index in [1.165, 1.54) is 11.8 Å². The Morgan fingerprint density at radius 3 is 2.30 bits per heavy atom. The standard InChI is InChI=1S/C20H12Br2N2O2S/c21-16-11-15(26-18(16)22)12-17-19(25)24(14-9-5-2-6-10-14)20(27-17)23-13-7-3-1-4-8-13/h1-12H/b17-12-,23-20?. The summed E-state index contributed by atoms with van der Waals surface area (Å²) in [6, 6.07) is 20.9. The quantitative estimate of drug-likeness (QED) is 0.377. The first-order valence-electron chi connectivity index (χ1n) is 7.99. The molecule has 3 aromatic rings. The molecule has 0 radical (unpaired) electrons. The molecule has 4 rings (SSSR count). The highest BCUT2D eigenvalue weighted by atomic mass is 79.9. The van der Waals surface area contributed by atoms with Gasteiger partial charge in [0.05, 0.1) is 20.8 Å². The molecule has 0 spiro atoms. The van der Waals surface area contributed by atoms with E-state index in [0.717, 1.165) is 15.8 Å². The summed E-state index contributed by atoms with van der Waals surface area (Å²) >= 11 is 8.03. The van der Waals surface area contributed by atoms with Crippen molar-refractivity contribution in [2.45, 2.75) is 0 Å². The lowest BCUT2D eigenvalue weighted by atomic mass is 10.3. The van der Waals surface area contributed by atoms with E-state index in [1.807, 2.05) is 66.7 Å². The molecule has 2 aromatic carbocycles. The molecule has 1 aliphatic heterocycles. The number of amidine groups is 1. The average molecular weight is 504 g/mol. The summed E-state index contributed by atoms with van der Waals surface area (Å²) in [6.07, 6.45) is 1.73. The highest BCUT2D eigenvalue weighted by Gasteiger charge is 2.35. The predicted molar refractivity (Wildman–Crippen MR) is 117 cm³/mol. The van der Waals surface area contributed by atoms with Crippen LogP contribution in [0.4, 0.5) is 11.4 Å². The summed E-state index contributed by atoms with van der Waals surface area (Å²) in [6.45, 7) is 0. The van der Waals surface area contributed by atoms with Gasteiger partial charge in [0.2, 0.25) is 0 Å². The number of hydrogen-bond donors (Lipinski definition) is 0. The van der Waals surface area contributed by atoms with E-state index < -0.39 is 0 Å². The van der Waals surface area contributed by atoms with Crippen molar-refractivity contribution in [3.63, 3.8) is 0 Å². The molecule has 2 heterocycles. The Labute approximate surface area is 177 Å². The number of anilines is 1. The SMILES string of the molecule is O=C1/C(=C/c2cc(Br)c(Br)o2)SC(=Nc2ccccc2)N1c1ccccc1. The third-order valence-corrected chi connectivity index (χ3v) is 6.42. The summed E-state index contributed by atoms with van der Waals surface area (Å²) in [4.78, 5) is 19.9. The molecule has 1 aromatic heterocycles. The number of nitrogens with zero attached hydrogens (tertiary/aromatic N) is 2. The molecule has 0 unspecified atom stereocenters. The second kappa shape index (κ2) is 7.88. The fourth-order valence-electron chi connectivity index (χ4n) is 2.53. The van der Waals surface area contributed by atoms with Gasteiger partial charge in [-0.05, 0) is 74.0 Å². The Balaban J connectivity index is 1.77. The number of benzene rings is 2. The maximum atomic E-state index is 13.1. The van der Waals surface area contributed by atoms with E-state index in [1.54, 1.807) is 11.0 Å². The van der Waals surface area contributed by atoms with Crippen LogP contribution in [0.15, 0.2) is 90.2 Å². The Morgan fingerprint density at radius 1 is 1.00 bits per heavy atom. The molecule has 1 fully saturated rings. The minimum Gasteiger partial charge on any atom is -0.449 e. The fraction of sp³-hybridized carbons (Fsp3) is 0. The van der Waals surface area contributed by atoms with Crippen molar-refractivity contribution in [3.8, 4) is 0 Å². The summed E-state index contributed by atoms with van der Waals surface area (Å²) in [5.74, 6) is 0.447. The van der Waals surface area contributed by atoms with E-state index in [-0.39, 0.29) is 5.91 Å². The van der Waals surface area contributed by atoms with Crippen LogP contribution in [-0.4, -0.2) is 11.1 Å². The van der Waals surface area contributed by atoms with Crippen molar-refractivity contribution in [1.29, 1.82) is 0 Å². The topological polar surface area (TPSA) is 45.8 Å². The fourth-order valence-corrected chi connectivity index (χ4v) is 4.12. The Bertz CT molecular complexity index is 1030. The smallest absolute Gasteiger partial charge is 0.271 e. The van der Waals surface area contributed by atoms with Gasteiger partial charge in [0, 0.05) is 6.08 Å². The van der Waals surface area contributed by atoms with Crippen molar-refractivity contribution in [3.05, 3.63) is 86.5 Å².